The van der Waals surface area contributed by atoms with E-state index in [1.807, 2.05) is 54.4 Å². The molecule has 0 saturated heterocycles. The summed E-state index contributed by atoms with van der Waals surface area (Å²) in [6.07, 6.45) is 0.00327. The van der Waals surface area contributed by atoms with Gasteiger partial charge in [-0.15, -0.1) is 0 Å². The van der Waals surface area contributed by atoms with Crippen molar-refractivity contribution in [3.8, 4) is 34.5 Å². The first-order chi connectivity index (χ1) is 17.0. The largest absolute Gasteiger partial charge is 0.507 e. The molecule has 0 spiro atoms. The molecule has 2 aliphatic heterocycles. The van der Waals surface area contributed by atoms with Crippen molar-refractivity contribution < 1.29 is 28.8 Å². The average molecular weight is 477 g/mol. The van der Waals surface area contributed by atoms with Crippen LogP contribution in [-0.2, 0) is 0 Å². The van der Waals surface area contributed by atoms with Crippen molar-refractivity contribution in [2.45, 2.75) is 25.6 Å². The number of ether oxygens (including phenoxy) is 5. The molecule has 0 fully saturated rings. The van der Waals surface area contributed by atoms with Gasteiger partial charge in [0, 0.05) is 23.1 Å². The standard InChI is InChI=1S/C27H28N2O6/c1-15-9-10-21(30)18(11-15)19-14-20-17-7-6-8-22(31-2)25(17)35-27(29(20)28-19)16-12-23(32-3)26(34-5)24(13-16)33-4/h6-13,20,27,30H,14H2,1-5H3/t20-,27-/m1/s1. The van der Waals surface area contributed by atoms with Gasteiger partial charge in [0.25, 0.3) is 0 Å². The Bertz CT molecular complexity index is 1280. The smallest absolute Gasteiger partial charge is 0.214 e. The number of fused-ring (bicyclic) bond motifs is 3. The molecule has 182 valence electrons. The fourth-order valence-corrected chi connectivity index (χ4v) is 4.75. The van der Waals surface area contributed by atoms with E-state index in [4.69, 9.17) is 28.8 Å². The number of hydrazone groups is 1. The molecule has 0 aliphatic carbocycles. The minimum atomic E-state index is -0.595. The Morgan fingerprint density at radius 3 is 2.29 bits per heavy atom. The number of aromatic hydroxyl groups is 1. The van der Waals surface area contributed by atoms with E-state index in [1.165, 1.54) is 0 Å². The zero-order chi connectivity index (χ0) is 24.7. The lowest BCUT2D eigenvalue weighted by molar-refractivity contribution is -0.0211. The molecule has 5 rings (SSSR count). The molecular formula is C27H28N2O6. The van der Waals surface area contributed by atoms with E-state index in [2.05, 4.69) is 0 Å². The monoisotopic (exact) mass is 476 g/mol. The maximum atomic E-state index is 10.6. The van der Waals surface area contributed by atoms with E-state index in [-0.39, 0.29) is 11.8 Å². The third-order valence-corrected chi connectivity index (χ3v) is 6.44. The maximum Gasteiger partial charge on any atom is 0.214 e. The van der Waals surface area contributed by atoms with Gasteiger partial charge in [0.05, 0.1) is 40.2 Å². The summed E-state index contributed by atoms with van der Waals surface area (Å²) >= 11 is 0. The fraction of sp³-hybridized carbons (Fsp3) is 0.296. The number of hydrogen-bond donors (Lipinski definition) is 1. The number of rotatable bonds is 6. The van der Waals surface area contributed by atoms with E-state index < -0.39 is 6.23 Å². The van der Waals surface area contributed by atoms with Gasteiger partial charge in [0.1, 0.15) is 5.75 Å². The van der Waals surface area contributed by atoms with Crippen molar-refractivity contribution in [2.75, 3.05) is 28.4 Å². The molecule has 2 aliphatic rings. The summed E-state index contributed by atoms with van der Waals surface area (Å²) in [5, 5.41) is 17.5. The molecule has 8 heteroatoms. The summed E-state index contributed by atoms with van der Waals surface area (Å²) < 4.78 is 28.8. The van der Waals surface area contributed by atoms with Gasteiger partial charge in [-0.1, -0.05) is 23.8 Å². The molecule has 1 N–H and O–H groups in total. The first-order valence-corrected chi connectivity index (χ1v) is 11.3. The summed E-state index contributed by atoms with van der Waals surface area (Å²) in [6.45, 7) is 1.99. The van der Waals surface area contributed by atoms with Crippen LogP contribution in [0.5, 0.6) is 34.5 Å². The zero-order valence-electron chi connectivity index (χ0n) is 20.4. The highest BCUT2D eigenvalue weighted by molar-refractivity contribution is 6.04. The normalized spacial score (nSPS) is 18.2. The van der Waals surface area contributed by atoms with Crippen LogP contribution in [0.2, 0.25) is 0 Å². The molecule has 0 saturated carbocycles. The maximum absolute atomic E-state index is 10.6. The molecule has 0 amide bonds. The van der Waals surface area contributed by atoms with Gasteiger partial charge < -0.3 is 28.8 Å². The van der Waals surface area contributed by atoms with E-state index in [0.29, 0.717) is 40.7 Å². The van der Waals surface area contributed by atoms with E-state index >= 15 is 0 Å². The van der Waals surface area contributed by atoms with Crippen LogP contribution >= 0.6 is 0 Å². The average Bonchev–Trinajstić information content (AvgIpc) is 3.33. The van der Waals surface area contributed by atoms with E-state index in [9.17, 15) is 5.11 Å². The van der Waals surface area contributed by atoms with E-state index in [0.717, 1.165) is 22.4 Å². The van der Waals surface area contributed by atoms with Crippen LogP contribution in [0.3, 0.4) is 0 Å². The second kappa shape index (κ2) is 8.94. The van der Waals surface area contributed by atoms with Crippen LogP contribution in [-0.4, -0.2) is 44.3 Å². The SMILES string of the molecule is COc1cc([C@H]2Oc3c(OC)cccc3[C@H]3CC(c4cc(C)ccc4O)=NN32)cc(OC)c1OC. The van der Waals surface area contributed by atoms with Crippen molar-refractivity contribution in [2.24, 2.45) is 5.10 Å². The Morgan fingerprint density at radius 1 is 0.914 bits per heavy atom. The summed E-state index contributed by atoms with van der Waals surface area (Å²) in [4.78, 5) is 0. The number of para-hydroxylation sites is 1. The zero-order valence-corrected chi connectivity index (χ0v) is 20.4. The van der Waals surface area contributed by atoms with Gasteiger partial charge in [-0.05, 0) is 37.3 Å². The molecule has 35 heavy (non-hydrogen) atoms. The van der Waals surface area contributed by atoms with Gasteiger partial charge in [-0.3, -0.25) is 0 Å². The van der Waals surface area contributed by atoms with Gasteiger partial charge in [-0.2, -0.15) is 5.10 Å². The third-order valence-electron chi connectivity index (χ3n) is 6.44. The summed E-state index contributed by atoms with van der Waals surface area (Å²) in [7, 11) is 6.36. The molecular weight excluding hydrogens is 448 g/mol. The molecule has 3 aromatic carbocycles. The Kier molecular flexibility index (Phi) is 5.80. The number of benzene rings is 3. The predicted molar refractivity (Wildman–Crippen MR) is 131 cm³/mol. The number of hydrogen-bond acceptors (Lipinski definition) is 8. The second-order valence-corrected chi connectivity index (χ2v) is 8.47. The number of nitrogens with zero attached hydrogens (tertiary/aromatic N) is 2. The van der Waals surface area contributed by atoms with Gasteiger partial charge in [-0.25, -0.2) is 5.01 Å². The molecule has 0 bridgehead atoms. The van der Waals surface area contributed by atoms with Crippen LogP contribution < -0.4 is 23.7 Å². The first-order valence-electron chi connectivity index (χ1n) is 11.3. The summed E-state index contributed by atoms with van der Waals surface area (Å²) in [5.41, 5.74) is 4.30. The molecule has 0 aromatic heterocycles. The number of aryl methyl sites for hydroxylation is 1. The fourth-order valence-electron chi connectivity index (χ4n) is 4.75. The van der Waals surface area contributed by atoms with Crippen LogP contribution in [0.1, 0.15) is 40.9 Å². The summed E-state index contributed by atoms with van der Waals surface area (Å²) in [6, 6.07) is 15.0. The second-order valence-electron chi connectivity index (χ2n) is 8.47. The third kappa shape index (κ3) is 3.75. The Hall–Kier alpha value is -4.07. The van der Waals surface area contributed by atoms with Crippen LogP contribution in [0.4, 0.5) is 0 Å². The molecule has 0 radical (unpaired) electrons. The van der Waals surface area contributed by atoms with Crippen LogP contribution in [0, 0.1) is 6.92 Å². The highest BCUT2D eigenvalue weighted by Crippen LogP contribution is 2.52. The highest BCUT2D eigenvalue weighted by Gasteiger charge is 2.43. The lowest BCUT2D eigenvalue weighted by Gasteiger charge is -2.38. The Labute approximate surface area is 204 Å². The quantitative estimate of drug-likeness (QED) is 0.537. The van der Waals surface area contributed by atoms with E-state index in [1.54, 1.807) is 34.5 Å². The number of phenols is 1. The molecule has 0 unspecified atom stereocenters. The van der Waals surface area contributed by atoms with Crippen molar-refractivity contribution in [1.29, 1.82) is 0 Å². The minimum absolute atomic E-state index is 0.118. The summed E-state index contributed by atoms with van der Waals surface area (Å²) in [5.74, 6) is 3.05. The van der Waals surface area contributed by atoms with Crippen LogP contribution in [0.15, 0.2) is 53.6 Å². The van der Waals surface area contributed by atoms with Gasteiger partial charge in [0.2, 0.25) is 12.0 Å². The predicted octanol–water partition coefficient (Wildman–Crippen LogP) is 4.98. The van der Waals surface area contributed by atoms with Gasteiger partial charge >= 0.3 is 0 Å². The number of methoxy groups -OCH3 is 4. The molecule has 8 nitrogen and oxygen atoms in total. The number of phenolic OH excluding ortho intramolecular Hbond substituents is 1. The lowest BCUT2D eigenvalue weighted by atomic mass is 9.94. The van der Waals surface area contributed by atoms with Crippen molar-refractivity contribution in [3.63, 3.8) is 0 Å². The van der Waals surface area contributed by atoms with Gasteiger partial charge in [0.15, 0.2) is 23.0 Å². The minimum Gasteiger partial charge on any atom is -0.507 e. The van der Waals surface area contributed by atoms with Crippen molar-refractivity contribution in [3.05, 3.63) is 70.8 Å². The Morgan fingerprint density at radius 2 is 1.63 bits per heavy atom. The highest BCUT2D eigenvalue weighted by atomic mass is 16.5. The molecule has 2 heterocycles. The first kappa shape index (κ1) is 22.7. The Balaban J connectivity index is 1.67. The molecule has 3 aromatic rings. The van der Waals surface area contributed by atoms with Crippen molar-refractivity contribution in [1.82, 2.24) is 5.01 Å². The topological polar surface area (TPSA) is 82.0 Å². The van der Waals surface area contributed by atoms with Crippen LogP contribution in [0.25, 0.3) is 0 Å². The molecule has 2 atom stereocenters. The van der Waals surface area contributed by atoms with Crippen molar-refractivity contribution >= 4 is 5.71 Å². The lowest BCUT2D eigenvalue weighted by Crippen LogP contribution is -2.34.